The maximum absolute atomic E-state index is 13.2. The van der Waals surface area contributed by atoms with Crippen LogP contribution in [0.1, 0.15) is 50.4 Å². The number of likely N-dealkylation sites (tertiary alicyclic amines) is 1. The lowest BCUT2D eigenvalue weighted by molar-refractivity contribution is -0.192. The van der Waals surface area contributed by atoms with Gasteiger partial charge in [-0.25, -0.2) is 14.4 Å². The Morgan fingerprint density at radius 3 is 2.09 bits per heavy atom. The molecule has 0 bridgehead atoms. The van der Waals surface area contributed by atoms with E-state index in [-0.39, 0.29) is 30.9 Å². The van der Waals surface area contributed by atoms with E-state index in [4.69, 9.17) is 26.2 Å². The number of urea groups is 1. The predicted molar refractivity (Wildman–Crippen MR) is 154 cm³/mol. The first-order valence-corrected chi connectivity index (χ1v) is 14.5. The quantitative estimate of drug-likeness (QED) is 0.503. The fraction of sp³-hybridized carbons (Fsp3) is 0.607. The molecule has 1 aromatic carbocycles. The molecule has 44 heavy (non-hydrogen) atoms. The van der Waals surface area contributed by atoms with Crippen LogP contribution >= 0.6 is 11.6 Å². The molecule has 3 fully saturated rings. The number of nitrogens with zero attached hydrogens (tertiary/aromatic N) is 4. The molecule has 3 heterocycles. The first kappa shape index (κ1) is 34.9. The molecule has 3 aliphatic rings. The van der Waals surface area contributed by atoms with Gasteiger partial charge in [-0.1, -0.05) is 11.6 Å². The molecule has 3 saturated heterocycles. The molecule has 4 rings (SSSR count). The van der Waals surface area contributed by atoms with Crippen LogP contribution in [-0.4, -0.2) is 114 Å². The third-order valence-corrected chi connectivity index (χ3v) is 7.54. The summed E-state index contributed by atoms with van der Waals surface area (Å²) >= 11 is 6.32. The fourth-order valence-electron chi connectivity index (χ4n) is 4.95. The number of imide groups is 1. The van der Waals surface area contributed by atoms with E-state index in [1.54, 1.807) is 23.1 Å². The Morgan fingerprint density at radius 2 is 1.57 bits per heavy atom. The molecule has 0 spiro atoms. The highest BCUT2D eigenvalue weighted by Crippen LogP contribution is 2.30. The van der Waals surface area contributed by atoms with E-state index >= 15 is 0 Å². The van der Waals surface area contributed by atoms with Crippen LogP contribution < -0.4 is 10.2 Å². The van der Waals surface area contributed by atoms with Crippen LogP contribution in [0.3, 0.4) is 0 Å². The number of carboxylic acids is 1. The molecule has 0 aliphatic carbocycles. The van der Waals surface area contributed by atoms with Crippen molar-refractivity contribution in [2.24, 2.45) is 5.92 Å². The molecule has 1 aromatic rings. The van der Waals surface area contributed by atoms with Crippen LogP contribution in [-0.2, 0) is 14.3 Å². The van der Waals surface area contributed by atoms with Crippen molar-refractivity contribution in [2.45, 2.75) is 51.8 Å². The zero-order valence-corrected chi connectivity index (χ0v) is 25.5. The lowest BCUT2D eigenvalue weighted by Gasteiger charge is -2.39. The van der Waals surface area contributed by atoms with E-state index in [1.807, 2.05) is 25.7 Å². The highest BCUT2D eigenvalue weighted by atomic mass is 35.5. The second kappa shape index (κ2) is 14.5. The number of hydrogen-bond acceptors (Lipinski definition) is 7. The van der Waals surface area contributed by atoms with Crippen LogP contribution in [0.15, 0.2) is 18.2 Å². The smallest absolute Gasteiger partial charge is 0.475 e. The first-order chi connectivity index (χ1) is 20.4. The maximum Gasteiger partial charge on any atom is 0.490 e. The molecule has 0 saturated carbocycles. The summed E-state index contributed by atoms with van der Waals surface area (Å²) in [4.78, 5) is 65.6. The summed E-state index contributed by atoms with van der Waals surface area (Å²) in [5, 5.41) is 9.76. The molecule has 5 amide bonds. The van der Waals surface area contributed by atoms with Crippen molar-refractivity contribution in [1.29, 1.82) is 0 Å². The van der Waals surface area contributed by atoms with Gasteiger partial charge in [-0.05, 0) is 57.7 Å². The number of rotatable bonds is 4. The molecule has 0 atom stereocenters. The molecule has 0 aromatic heterocycles. The Hall–Kier alpha value is -3.59. The van der Waals surface area contributed by atoms with Gasteiger partial charge in [-0.2, -0.15) is 13.2 Å². The topological polar surface area (TPSA) is 140 Å². The molecular weight excluding hydrogens is 611 g/mol. The summed E-state index contributed by atoms with van der Waals surface area (Å²) in [7, 11) is 0. The summed E-state index contributed by atoms with van der Waals surface area (Å²) in [5.74, 6) is -2.67. The summed E-state index contributed by atoms with van der Waals surface area (Å²) < 4.78 is 37.2. The van der Waals surface area contributed by atoms with E-state index in [2.05, 4.69) is 10.2 Å². The highest BCUT2D eigenvalue weighted by molar-refractivity contribution is 6.34. The number of amides is 5. The Morgan fingerprint density at radius 1 is 0.977 bits per heavy atom. The van der Waals surface area contributed by atoms with Crippen LogP contribution in [0.5, 0.6) is 0 Å². The second-order valence-electron chi connectivity index (χ2n) is 11.7. The molecule has 0 radical (unpaired) electrons. The van der Waals surface area contributed by atoms with Gasteiger partial charge in [0.1, 0.15) is 5.60 Å². The lowest BCUT2D eigenvalue weighted by Crippen LogP contribution is -2.51. The summed E-state index contributed by atoms with van der Waals surface area (Å²) in [5.41, 5.74) is 0.411. The average Bonchev–Trinajstić information content (AvgIpc) is 2.93. The summed E-state index contributed by atoms with van der Waals surface area (Å²) in [6.45, 7) is 11.1. The SMILES string of the molecule is CC(C)(C)OC(=O)N1CCN(CC2CCN(C(=O)c3ccc(Cl)c(N4CCC(=O)NC4=O)c3)CC2)CC1.O=C(O)C(F)(F)F. The van der Waals surface area contributed by atoms with Crippen molar-refractivity contribution in [2.75, 3.05) is 57.3 Å². The molecule has 3 aliphatic heterocycles. The fourth-order valence-corrected chi connectivity index (χ4v) is 5.17. The van der Waals surface area contributed by atoms with Crippen molar-refractivity contribution in [3.05, 3.63) is 28.8 Å². The summed E-state index contributed by atoms with van der Waals surface area (Å²) in [6.07, 6.45) is -3.33. The number of nitrogens with one attached hydrogen (secondary N) is 1. The predicted octanol–water partition coefficient (Wildman–Crippen LogP) is 3.82. The van der Waals surface area contributed by atoms with Crippen molar-refractivity contribution >= 4 is 47.2 Å². The summed E-state index contributed by atoms with van der Waals surface area (Å²) in [6, 6.07) is 4.40. The monoisotopic (exact) mass is 647 g/mol. The van der Waals surface area contributed by atoms with Crippen molar-refractivity contribution in [3.8, 4) is 0 Å². The third-order valence-electron chi connectivity index (χ3n) is 7.22. The number of halogens is 4. The maximum atomic E-state index is 13.2. The van der Waals surface area contributed by atoms with Gasteiger partial charge in [0.2, 0.25) is 5.91 Å². The van der Waals surface area contributed by atoms with E-state index in [1.165, 1.54) is 4.90 Å². The largest absolute Gasteiger partial charge is 0.490 e. The lowest BCUT2D eigenvalue weighted by atomic mass is 9.95. The Balaban J connectivity index is 0.000000676. The molecule has 244 valence electrons. The van der Waals surface area contributed by atoms with Crippen LogP contribution in [0, 0.1) is 5.92 Å². The highest BCUT2D eigenvalue weighted by Gasteiger charge is 2.38. The molecular formula is C28H37ClF3N5O7. The van der Waals surface area contributed by atoms with Crippen molar-refractivity contribution in [3.63, 3.8) is 0 Å². The van der Waals surface area contributed by atoms with Crippen molar-refractivity contribution in [1.82, 2.24) is 20.0 Å². The Bertz CT molecular complexity index is 1240. The standard InChI is InChI=1S/C26H36ClN5O5.C2HF3O2/c1-26(2,3)37-25(36)31-14-12-29(13-15-31)17-18-6-9-30(10-7-18)23(34)19-4-5-20(27)21(16-19)32-11-8-22(33)28-24(32)35;3-2(4,5)1(6)7/h4-5,16,18H,6-15,17H2,1-3H3,(H,28,33,35);(H,6,7). The number of piperidine rings is 1. The number of alkyl halides is 3. The van der Waals surface area contributed by atoms with E-state index in [0.717, 1.165) is 32.5 Å². The normalized spacial score (nSPS) is 18.8. The van der Waals surface area contributed by atoms with Crippen LogP contribution in [0.4, 0.5) is 28.4 Å². The van der Waals surface area contributed by atoms with Gasteiger partial charge in [0.25, 0.3) is 5.91 Å². The Kier molecular flexibility index (Phi) is 11.5. The minimum atomic E-state index is -5.08. The third kappa shape index (κ3) is 9.97. The van der Waals surface area contributed by atoms with Gasteiger partial charge in [-0.3, -0.25) is 24.7 Å². The number of benzene rings is 1. The number of hydrogen-bond donors (Lipinski definition) is 2. The second-order valence-corrected chi connectivity index (χ2v) is 12.1. The van der Waals surface area contributed by atoms with E-state index in [0.29, 0.717) is 48.4 Å². The van der Waals surface area contributed by atoms with Gasteiger partial charge >= 0.3 is 24.3 Å². The first-order valence-electron chi connectivity index (χ1n) is 14.1. The number of anilines is 1. The van der Waals surface area contributed by atoms with Gasteiger partial charge in [0.05, 0.1) is 10.7 Å². The minimum absolute atomic E-state index is 0.0872. The molecule has 2 N–H and O–H groups in total. The number of aliphatic carboxylic acids is 1. The molecule has 0 unspecified atom stereocenters. The number of ether oxygens (including phenoxy) is 1. The number of carboxylic acid groups (broad SMARTS) is 1. The minimum Gasteiger partial charge on any atom is -0.475 e. The molecule has 12 nitrogen and oxygen atoms in total. The number of carbonyl (C=O) groups excluding carboxylic acids is 4. The van der Waals surface area contributed by atoms with Crippen LogP contribution in [0.2, 0.25) is 5.02 Å². The Labute approximate surface area is 258 Å². The van der Waals surface area contributed by atoms with Crippen LogP contribution in [0.25, 0.3) is 0 Å². The van der Waals surface area contributed by atoms with Gasteiger partial charge in [-0.15, -0.1) is 0 Å². The number of piperazine rings is 1. The molecule has 16 heteroatoms. The van der Waals surface area contributed by atoms with E-state index in [9.17, 15) is 32.3 Å². The zero-order valence-electron chi connectivity index (χ0n) is 24.8. The van der Waals surface area contributed by atoms with Crippen molar-refractivity contribution < 1.29 is 47.0 Å². The zero-order chi connectivity index (χ0) is 32.8. The van der Waals surface area contributed by atoms with E-state index < -0.39 is 23.8 Å². The van der Waals surface area contributed by atoms with Gasteiger partial charge < -0.3 is 19.6 Å². The van der Waals surface area contributed by atoms with Gasteiger partial charge in [0.15, 0.2) is 0 Å². The average molecular weight is 648 g/mol. The number of carbonyl (C=O) groups is 5. The van der Waals surface area contributed by atoms with Gasteiger partial charge in [0, 0.05) is 64.3 Å².